The highest BCUT2D eigenvalue weighted by Crippen LogP contribution is 2.18. The maximum absolute atomic E-state index is 5.64. The van der Waals surface area contributed by atoms with E-state index in [-0.39, 0.29) is 0 Å². The van der Waals surface area contributed by atoms with Gasteiger partial charge in [-0.05, 0) is 49.1 Å². The van der Waals surface area contributed by atoms with E-state index in [1.54, 1.807) is 0 Å². The van der Waals surface area contributed by atoms with Crippen LogP contribution in [0, 0.1) is 20.8 Å². The standard InChI is InChI=1S/C11H15N/c1-7-5-9(3)11(10(4)12)6-8(7)2/h5-6H,4,12H2,1-3H3. The zero-order valence-electron chi connectivity index (χ0n) is 7.94. The van der Waals surface area contributed by atoms with Crippen LogP contribution < -0.4 is 5.73 Å². The van der Waals surface area contributed by atoms with Crippen LogP contribution in [-0.4, -0.2) is 0 Å². The van der Waals surface area contributed by atoms with Crippen LogP contribution in [0.4, 0.5) is 0 Å². The Balaban J connectivity index is 3.33. The van der Waals surface area contributed by atoms with Gasteiger partial charge in [0.25, 0.3) is 0 Å². The Hall–Kier alpha value is -1.24. The fourth-order valence-electron chi connectivity index (χ4n) is 1.31. The van der Waals surface area contributed by atoms with E-state index in [1.807, 2.05) is 0 Å². The first-order chi connectivity index (χ1) is 5.52. The van der Waals surface area contributed by atoms with Crippen LogP contribution in [0.15, 0.2) is 18.7 Å². The normalized spacial score (nSPS) is 9.92. The number of aryl methyl sites for hydroxylation is 3. The quantitative estimate of drug-likeness (QED) is 0.673. The SMILES string of the molecule is C=C(N)c1cc(C)c(C)cc1C. The third kappa shape index (κ3) is 1.50. The van der Waals surface area contributed by atoms with Crippen LogP contribution in [0.5, 0.6) is 0 Å². The van der Waals surface area contributed by atoms with E-state index in [4.69, 9.17) is 5.73 Å². The fourth-order valence-corrected chi connectivity index (χ4v) is 1.31. The molecule has 12 heavy (non-hydrogen) atoms. The van der Waals surface area contributed by atoms with Gasteiger partial charge in [0.15, 0.2) is 0 Å². The monoisotopic (exact) mass is 161 g/mol. The van der Waals surface area contributed by atoms with E-state index >= 15 is 0 Å². The Bertz CT molecular complexity index is 324. The average molecular weight is 161 g/mol. The first-order valence-electron chi connectivity index (χ1n) is 4.05. The third-order valence-electron chi connectivity index (χ3n) is 2.19. The molecule has 0 saturated carbocycles. The average Bonchev–Trinajstić information content (AvgIpc) is 1.96. The Kier molecular flexibility index (Phi) is 2.22. The van der Waals surface area contributed by atoms with Crippen molar-refractivity contribution < 1.29 is 0 Å². The maximum Gasteiger partial charge on any atom is 0.0317 e. The molecule has 0 heterocycles. The van der Waals surface area contributed by atoms with Crippen LogP contribution in [0.25, 0.3) is 5.70 Å². The summed E-state index contributed by atoms with van der Waals surface area (Å²) in [5.74, 6) is 0. The molecule has 1 aromatic carbocycles. The second-order valence-corrected chi connectivity index (χ2v) is 3.28. The summed E-state index contributed by atoms with van der Waals surface area (Å²) in [4.78, 5) is 0. The van der Waals surface area contributed by atoms with E-state index in [9.17, 15) is 0 Å². The minimum Gasteiger partial charge on any atom is -0.399 e. The predicted octanol–water partition coefficient (Wildman–Crippen LogP) is 2.54. The Labute approximate surface area is 73.9 Å². The maximum atomic E-state index is 5.64. The van der Waals surface area contributed by atoms with Gasteiger partial charge >= 0.3 is 0 Å². The molecule has 0 amide bonds. The molecule has 0 unspecified atom stereocenters. The summed E-state index contributed by atoms with van der Waals surface area (Å²) in [5.41, 5.74) is 11.1. The molecule has 0 aliphatic heterocycles. The minimum atomic E-state index is 0.649. The van der Waals surface area contributed by atoms with Crippen molar-refractivity contribution in [2.45, 2.75) is 20.8 Å². The van der Waals surface area contributed by atoms with Gasteiger partial charge in [-0.3, -0.25) is 0 Å². The molecule has 0 radical (unpaired) electrons. The third-order valence-corrected chi connectivity index (χ3v) is 2.19. The Morgan fingerprint density at radius 2 is 1.58 bits per heavy atom. The lowest BCUT2D eigenvalue weighted by atomic mass is 9.99. The summed E-state index contributed by atoms with van der Waals surface area (Å²) >= 11 is 0. The Morgan fingerprint density at radius 1 is 1.08 bits per heavy atom. The van der Waals surface area contributed by atoms with E-state index in [2.05, 4.69) is 39.5 Å². The molecule has 0 bridgehead atoms. The van der Waals surface area contributed by atoms with E-state index < -0.39 is 0 Å². The summed E-state index contributed by atoms with van der Waals surface area (Å²) < 4.78 is 0. The molecule has 0 spiro atoms. The molecule has 2 N–H and O–H groups in total. The van der Waals surface area contributed by atoms with Crippen LogP contribution in [-0.2, 0) is 0 Å². The van der Waals surface area contributed by atoms with Gasteiger partial charge in [0.1, 0.15) is 0 Å². The van der Waals surface area contributed by atoms with Crippen LogP contribution in [0.3, 0.4) is 0 Å². The molecule has 0 aliphatic carbocycles. The molecule has 0 saturated heterocycles. The highest BCUT2D eigenvalue weighted by atomic mass is 14.6. The van der Waals surface area contributed by atoms with Crippen molar-refractivity contribution in [1.29, 1.82) is 0 Å². The van der Waals surface area contributed by atoms with Crippen LogP contribution >= 0.6 is 0 Å². The van der Waals surface area contributed by atoms with Gasteiger partial charge in [-0.15, -0.1) is 0 Å². The molecule has 1 heteroatoms. The van der Waals surface area contributed by atoms with Gasteiger partial charge in [0, 0.05) is 5.70 Å². The highest BCUT2D eigenvalue weighted by molar-refractivity contribution is 5.64. The minimum absolute atomic E-state index is 0.649. The van der Waals surface area contributed by atoms with Crippen LogP contribution in [0.1, 0.15) is 22.3 Å². The molecule has 1 aromatic rings. The molecule has 0 fully saturated rings. The summed E-state index contributed by atoms with van der Waals surface area (Å²) in [5, 5.41) is 0. The van der Waals surface area contributed by atoms with Gasteiger partial charge in [-0.1, -0.05) is 12.6 Å². The molecular formula is C11H15N. The van der Waals surface area contributed by atoms with Crippen molar-refractivity contribution in [3.05, 3.63) is 41.0 Å². The smallest absolute Gasteiger partial charge is 0.0317 e. The van der Waals surface area contributed by atoms with E-state index in [1.165, 1.54) is 16.7 Å². The number of hydrogen-bond donors (Lipinski definition) is 1. The molecule has 0 aliphatic rings. The molecule has 0 atom stereocenters. The van der Waals surface area contributed by atoms with Gasteiger partial charge in [-0.2, -0.15) is 0 Å². The molecule has 1 rings (SSSR count). The number of benzene rings is 1. The van der Waals surface area contributed by atoms with E-state index in [0.29, 0.717) is 5.70 Å². The van der Waals surface area contributed by atoms with Crippen molar-refractivity contribution in [2.24, 2.45) is 5.73 Å². The zero-order valence-corrected chi connectivity index (χ0v) is 7.94. The molecule has 1 nitrogen and oxygen atoms in total. The molecular weight excluding hydrogens is 146 g/mol. The Morgan fingerprint density at radius 3 is 2.08 bits per heavy atom. The number of rotatable bonds is 1. The van der Waals surface area contributed by atoms with Crippen molar-refractivity contribution in [1.82, 2.24) is 0 Å². The summed E-state index contributed by atoms with van der Waals surface area (Å²) in [6, 6.07) is 4.23. The van der Waals surface area contributed by atoms with E-state index in [0.717, 1.165) is 5.56 Å². The fraction of sp³-hybridized carbons (Fsp3) is 0.273. The van der Waals surface area contributed by atoms with Gasteiger partial charge in [-0.25, -0.2) is 0 Å². The second kappa shape index (κ2) is 3.02. The molecule has 64 valence electrons. The zero-order chi connectivity index (χ0) is 9.30. The van der Waals surface area contributed by atoms with Crippen molar-refractivity contribution in [3.63, 3.8) is 0 Å². The van der Waals surface area contributed by atoms with Crippen molar-refractivity contribution in [2.75, 3.05) is 0 Å². The predicted molar refractivity (Wildman–Crippen MR) is 53.9 cm³/mol. The number of nitrogens with two attached hydrogens (primary N) is 1. The van der Waals surface area contributed by atoms with Gasteiger partial charge in [0.2, 0.25) is 0 Å². The summed E-state index contributed by atoms with van der Waals surface area (Å²) in [6.45, 7) is 9.98. The second-order valence-electron chi connectivity index (χ2n) is 3.28. The molecule has 0 aromatic heterocycles. The van der Waals surface area contributed by atoms with Crippen molar-refractivity contribution in [3.8, 4) is 0 Å². The largest absolute Gasteiger partial charge is 0.399 e. The first kappa shape index (κ1) is 8.85. The topological polar surface area (TPSA) is 26.0 Å². The summed E-state index contributed by atoms with van der Waals surface area (Å²) in [6.07, 6.45) is 0. The lowest BCUT2D eigenvalue weighted by Crippen LogP contribution is -1.98. The lowest BCUT2D eigenvalue weighted by molar-refractivity contribution is 1.27. The highest BCUT2D eigenvalue weighted by Gasteiger charge is 2.01. The first-order valence-corrected chi connectivity index (χ1v) is 4.05. The summed E-state index contributed by atoms with van der Waals surface area (Å²) in [7, 11) is 0. The van der Waals surface area contributed by atoms with Gasteiger partial charge < -0.3 is 5.73 Å². The lowest BCUT2D eigenvalue weighted by Gasteiger charge is -2.08. The van der Waals surface area contributed by atoms with Crippen LogP contribution in [0.2, 0.25) is 0 Å². The van der Waals surface area contributed by atoms with Gasteiger partial charge in [0.05, 0.1) is 0 Å². The number of hydrogen-bond acceptors (Lipinski definition) is 1. The van der Waals surface area contributed by atoms with Crippen molar-refractivity contribution >= 4 is 5.70 Å².